The Balaban J connectivity index is 1.88. The van der Waals surface area contributed by atoms with Gasteiger partial charge in [-0.1, -0.05) is 68.0 Å². The molecule has 2 heteroatoms. The van der Waals surface area contributed by atoms with Crippen molar-refractivity contribution in [2.24, 2.45) is 0 Å². The second-order valence-electron chi connectivity index (χ2n) is 6.87. The summed E-state index contributed by atoms with van der Waals surface area (Å²) in [6.45, 7) is 6.78. The van der Waals surface area contributed by atoms with Gasteiger partial charge in [0.15, 0.2) is 0 Å². The highest BCUT2D eigenvalue weighted by Crippen LogP contribution is 2.24. The maximum Gasteiger partial charge on any atom is 0.129 e. The average molecular weight is 328 g/mol. The summed E-state index contributed by atoms with van der Waals surface area (Å²) in [5.41, 5.74) is 8.98. The zero-order valence-electron chi connectivity index (χ0n) is 14.4. The predicted molar refractivity (Wildman–Crippen MR) is 105 cm³/mol. The molecule has 0 N–H and O–H groups in total. The molecule has 1 heterocycles. The molecule has 0 amide bonds. The number of hydrogen-bond donors (Lipinski definition) is 0. The molecule has 0 aliphatic carbocycles. The quantitative estimate of drug-likeness (QED) is 0.438. The Morgan fingerprint density at radius 2 is 1.46 bits per heavy atom. The average Bonchev–Trinajstić information content (AvgIpc) is 2.61. The second-order valence-corrected chi connectivity index (χ2v) is 11.6. The van der Waals surface area contributed by atoms with E-state index in [2.05, 4.69) is 84.6 Å². The topological polar surface area (TPSA) is 12.9 Å². The van der Waals surface area contributed by atoms with Crippen molar-refractivity contribution >= 4 is 8.07 Å². The van der Waals surface area contributed by atoms with Crippen LogP contribution < -0.4 is 0 Å². The molecule has 1 nitrogen and oxygen atoms in total. The van der Waals surface area contributed by atoms with Gasteiger partial charge in [0.1, 0.15) is 8.07 Å². The summed E-state index contributed by atoms with van der Waals surface area (Å²) in [6.07, 6.45) is 1.87. The molecule has 118 valence electrons. The highest BCUT2D eigenvalue weighted by atomic mass is 28.3. The van der Waals surface area contributed by atoms with Gasteiger partial charge in [0, 0.05) is 17.3 Å². The molecular formula is C22H21NSi. The minimum atomic E-state index is -1.33. The Hall–Kier alpha value is -2.63. The molecule has 2 aromatic carbocycles. The maximum atomic E-state index is 4.49. The van der Waals surface area contributed by atoms with Crippen LogP contribution in [0.15, 0.2) is 72.9 Å². The Bertz CT molecular complexity index is 879. The van der Waals surface area contributed by atoms with Gasteiger partial charge < -0.3 is 0 Å². The molecule has 0 bridgehead atoms. The standard InChI is InChI=1S/C22H21NSi/c1-24(2,3)16-14-18-9-11-19(12-10-18)21-13-15-23-22(17-21)20-7-5-4-6-8-20/h4-13,15,17H,1-3H3. The molecule has 0 spiro atoms. The number of aromatic nitrogens is 1. The van der Waals surface area contributed by atoms with Crippen LogP contribution >= 0.6 is 0 Å². The summed E-state index contributed by atoms with van der Waals surface area (Å²) in [4.78, 5) is 4.49. The predicted octanol–water partition coefficient (Wildman–Crippen LogP) is 5.64. The Labute approximate surface area is 145 Å². The first kappa shape index (κ1) is 16.2. The van der Waals surface area contributed by atoms with Gasteiger partial charge in [-0.2, -0.15) is 0 Å². The fraction of sp³-hybridized carbons (Fsp3) is 0.136. The van der Waals surface area contributed by atoms with E-state index in [1.54, 1.807) is 0 Å². The smallest absolute Gasteiger partial charge is 0.129 e. The molecule has 0 radical (unpaired) electrons. The van der Waals surface area contributed by atoms with Crippen LogP contribution in [0.4, 0.5) is 0 Å². The Kier molecular flexibility index (Phi) is 4.64. The minimum Gasteiger partial charge on any atom is -0.256 e. The molecule has 1 aromatic heterocycles. The van der Waals surface area contributed by atoms with E-state index in [-0.39, 0.29) is 0 Å². The SMILES string of the molecule is C[Si](C)(C)C#Cc1ccc(-c2ccnc(-c3ccccc3)c2)cc1. The zero-order valence-corrected chi connectivity index (χ0v) is 15.4. The largest absolute Gasteiger partial charge is 0.256 e. The molecule has 0 unspecified atom stereocenters. The molecule has 0 aliphatic rings. The van der Waals surface area contributed by atoms with E-state index < -0.39 is 8.07 Å². The van der Waals surface area contributed by atoms with Crippen LogP contribution in [-0.4, -0.2) is 13.1 Å². The summed E-state index contributed by atoms with van der Waals surface area (Å²) >= 11 is 0. The number of hydrogen-bond acceptors (Lipinski definition) is 1. The first-order valence-electron chi connectivity index (χ1n) is 8.16. The van der Waals surface area contributed by atoms with Crippen molar-refractivity contribution in [1.82, 2.24) is 4.98 Å². The third-order valence-corrected chi connectivity index (χ3v) is 4.50. The van der Waals surface area contributed by atoms with Crippen molar-refractivity contribution in [2.75, 3.05) is 0 Å². The van der Waals surface area contributed by atoms with E-state index in [4.69, 9.17) is 0 Å². The van der Waals surface area contributed by atoms with Gasteiger partial charge in [0.05, 0.1) is 5.69 Å². The molecule has 0 aliphatic heterocycles. The summed E-state index contributed by atoms with van der Waals surface area (Å²) in [7, 11) is -1.33. The lowest BCUT2D eigenvalue weighted by Crippen LogP contribution is -2.16. The van der Waals surface area contributed by atoms with Crippen molar-refractivity contribution in [1.29, 1.82) is 0 Å². The van der Waals surface area contributed by atoms with Crippen LogP contribution in [0.5, 0.6) is 0 Å². The highest BCUT2D eigenvalue weighted by Gasteiger charge is 2.07. The van der Waals surface area contributed by atoms with Crippen molar-refractivity contribution in [3.63, 3.8) is 0 Å². The lowest BCUT2D eigenvalue weighted by atomic mass is 10.0. The van der Waals surface area contributed by atoms with Gasteiger partial charge in [0.25, 0.3) is 0 Å². The van der Waals surface area contributed by atoms with Crippen molar-refractivity contribution in [2.45, 2.75) is 19.6 Å². The zero-order chi connectivity index (χ0) is 17.0. The van der Waals surface area contributed by atoms with Crippen LogP contribution in [0, 0.1) is 11.5 Å². The lowest BCUT2D eigenvalue weighted by Gasteiger charge is -2.06. The number of nitrogens with zero attached hydrogens (tertiary/aromatic N) is 1. The fourth-order valence-electron chi connectivity index (χ4n) is 2.38. The summed E-state index contributed by atoms with van der Waals surface area (Å²) in [6, 6.07) is 22.9. The van der Waals surface area contributed by atoms with E-state index in [1.165, 1.54) is 11.1 Å². The van der Waals surface area contributed by atoms with Gasteiger partial charge >= 0.3 is 0 Å². The Morgan fingerprint density at radius 3 is 2.12 bits per heavy atom. The van der Waals surface area contributed by atoms with Gasteiger partial charge in [-0.15, -0.1) is 5.54 Å². The molecule has 0 saturated carbocycles. The molecular weight excluding hydrogens is 306 g/mol. The van der Waals surface area contributed by atoms with Crippen molar-refractivity contribution in [3.05, 3.63) is 78.5 Å². The van der Waals surface area contributed by atoms with Gasteiger partial charge in [-0.3, -0.25) is 4.98 Å². The molecule has 0 fully saturated rings. The molecule has 3 aromatic rings. The second kappa shape index (κ2) is 6.86. The minimum absolute atomic E-state index is 0.996. The van der Waals surface area contributed by atoms with Crippen LogP contribution in [0.25, 0.3) is 22.4 Å². The first-order valence-corrected chi connectivity index (χ1v) is 11.7. The number of rotatable bonds is 2. The van der Waals surface area contributed by atoms with Gasteiger partial charge in [-0.25, -0.2) is 0 Å². The van der Waals surface area contributed by atoms with Crippen LogP contribution in [0.1, 0.15) is 5.56 Å². The van der Waals surface area contributed by atoms with Gasteiger partial charge in [-0.05, 0) is 35.4 Å². The van der Waals surface area contributed by atoms with Crippen molar-refractivity contribution < 1.29 is 0 Å². The van der Waals surface area contributed by atoms with Crippen LogP contribution in [0.3, 0.4) is 0 Å². The number of benzene rings is 2. The van der Waals surface area contributed by atoms with Crippen LogP contribution in [-0.2, 0) is 0 Å². The Morgan fingerprint density at radius 1 is 0.750 bits per heavy atom. The summed E-state index contributed by atoms with van der Waals surface area (Å²) in [5, 5.41) is 0. The third kappa shape index (κ3) is 4.22. The summed E-state index contributed by atoms with van der Waals surface area (Å²) in [5.74, 6) is 3.30. The number of pyridine rings is 1. The normalized spacial score (nSPS) is 10.8. The van der Waals surface area contributed by atoms with E-state index in [0.717, 1.165) is 16.8 Å². The van der Waals surface area contributed by atoms with E-state index in [1.807, 2.05) is 24.4 Å². The molecule has 0 atom stereocenters. The molecule has 24 heavy (non-hydrogen) atoms. The van der Waals surface area contributed by atoms with Crippen molar-refractivity contribution in [3.8, 4) is 33.8 Å². The summed E-state index contributed by atoms with van der Waals surface area (Å²) < 4.78 is 0. The van der Waals surface area contributed by atoms with Crippen LogP contribution in [0.2, 0.25) is 19.6 Å². The third-order valence-electron chi connectivity index (χ3n) is 3.63. The molecule has 3 rings (SSSR count). The lowest BCUT2D eigenvalue weighted by molar-refractivity contribution is 1.33. The van der Waals surface area contributed by atoms with Gasteiger partial charge in [0.2, 0.25) is 0 Å². The van der Waals surface area contributed by atoms with E-state index >= 15 is 0 Å². The highest BCUT2D eigenvalue weighted by molar-refractivity contribution is 6.83. The van der Waals surface area contributed by atoms with E-state index in [9.17, 15) is 0 Å². The fourth-order valence-corrected chi connectivity index (χ4v) is 2.90. The monoisotopic (exact) mass is 327 g/mol. The van der Waals surface area contributed by atoms with E-state index in [0.29, 0.717) is 0 Å². The molecule has 0 saturated heterocycles. The first-order chi connectivity index (χ1) is 11.5. The maximum absolute atomic E-state index is 4.49.